The van der Waals surface area contributed by atoms with Gasteiger partial charge in [0.2, 0.25) is 5.91 Å². The van der Waals surface area contributed by atoms with Crippen molar-refractivity contribution >= 4 is 5.91 Å². The summed E-state index contributed by atoms with van der Waals surface area (Å²) in [6.45, 7) is 10.7. The average molecular weight is 240 g/mol. The molecule has 1 saturated heterocycles. The minimum Gasteiger partial charge on any atom is -0.323 e. The van der Waals surface area contributed by atoms with Gasteiger partial charge in [-0.2, -0.15) is 0 Å². The van der Waals surface area contributed by atoms with Crippen molar-refractivity contribution in [3.05, 3.63) is 0 Å². The molecule has 0 aromatic carbocycles. The van der Waals surface area contributed by atoms with E-state index in [4.69, 9.17) is 0 Å². The molecule has 1 N–H and O–H groups in total. The second-order valence-corrected chi connectivity index (χ2v) is 5.67. The molecule has 3 unspecified atom stereocenters. The van der Waals surface area contributed by atoms with Crippen LogP contribution in [-0.4, -0.2) is 29.1 Å². The molecule has 1 fully saturated rings. The fraction of sp³-hybridized carbons (Fsp3) is 0.929. The molecule has 1 rings (SSSR count). The number of nitrogens with zero attached hydrogens (tertiary/aromatic N) is 1. The van der Waals surface area contributed by atoms with E-state index >= 15 is 0 Å². The number of hydrogen-bond acceptors (Lipinski definition) is 2. The quantitative estimate of drug-likeness (QED) is 0.724. The second-order valence-electron chi connectivity index (χ2n) is 5.67. The summed E-state index contributed by atoms with van der Waals surface area (Å²) in [5.74, 6) is 0.741. The monoisotopic (exact) mass is 240 g/mol. The number of carbonyl (C=O) groups excluding carboxylic acids is 1. The number of carbonyl (C=O) groups is 1. The molecule has 17 heavy (non-hydrogen) atoms. The SMILES string of the molecule is CCCCCC(C)N1C(=O)C(C)NC1C(C)C. The Morgan fingerprint density at radius 3 is 2.47 bits per heavy atom. The molecule has 0 aromatic heterocycles. The minimum absolute atomic E-state index is 0.0176. The molecule has 0 radical (unpaired) electrons. The van der Waals surface area contributed by atoms with Crippen LogP contribution >= 0.6 is 0 Å². The molecule has 0 aromatic rings. The topological polar surface area (TPSA) is 32.3 Å². The van der Waals surface area contributed by atoms with Gasteiger partial charge < -0.3 is 4.90 Å². The van der Waals surface area contributed by atoms with E-state index in [1.54, 1.807) is 0 Å². The zero-order valence-electron chi connectivity index (χ0n) is 12.0. The maximum absolute atomic E-state index is 12.2. The first kappa shape index (κ1) is 14.5. The van der Waals surface area contributed by atoms with Crippen molar-refractivity contribution in [2.45, 2.75) is 78.6 Å². The Kier molecular flexibility index (Phi) is 5.44. The molecule has 1 heterocycles. The van der Waals surface area contributed by atoms with E-state index in [1.165, 1.54) is 19.3 Å². The molecule has 0 aliphatic carbocycles. The molecule has 100 valence electrons. The molecule has 1 amide bonds. The summed E-state index contributed by atoms with van der Waals surface area (Å²) >= 11 is 0. The predicted molar refractivity (Wildman–Crippen MR) is 71.7 cm³/mol. The van der Waals surface area contributed by atoms with Gasteiger partial charge in [-0.15, -0.1) is 0 Å². The molecular formula is C14H28N2O. The van der Waals surface area contributed by atoms with Crippen LogP contribution < -0.4 is 5.32 Å². The van der Waals surface area contributed by atoms with E-state index < -0.39 is 0 Å². The third kappa shape index (κ3) is 3.44. The number of unbranched alkanes of at least 4 members (excludes halogenated alkanes) is 2. The summed E-state index contributed by atoms with van der Waals surface area (Å²) in [6.07, 6.45) is 5.07. The Hall–Kier alpha value is -0.570. The lowest BCUT2D eigenvalue weighted by molar-refractivity contribution is -0.132. The molecule has 3 atom stereocenters. The minimum atomic E-state index is -0.0176. The Bertz CT molecular complexity index is 253. The number of nitrogens with one attached hydrogen (secondary N) is 1. The van der Waals surface area contributed by atoms with E-state index in [0.29, 0.717) is 12.0 Å². The Labute approximate surface area is 106 Å². The fourth-order valence-electron chi connectivity index (χ4n) is 2.60. The molecule has 0 bridgehead atoms. The van der Waals surface area contributed by atoms with Gasteiger partial charge in [-0.05, 0) is 26.2 Å². The highest BCUT2D eigenvalue weighted by molar-refractivity contribution is 5.84. The Morgan fingerprint density at radius 1 is 1.29 bits per heavy atom. The molecule has 3 heteroatoms. The highest BCUT2D eigenvalue weighted by atomic mass is 16.2. The fourth-order valence-corrected chi connectivity index (χ4v) is 2.60. The van der Waals surface area contributed by atoms with Crippen molar-refractivity contribution in [2.75, 3.05) is 0 Å². The smallest absolute Gasteiger partial charge is 0.240 e. The maximum Gasteiger partial charge on any atom is 0.240 e. The van der Waals surface area contributed by atoms with E-state index in [9.17, 15) is 4.79 Å². The average Bonchev–Trinajstić information content (AvgIpc) is 2.56. The lowest BCUT2D eigenvalue weighted by atomic mass is 10.1. The number of rotatable bonds is 6. The van der Waals surface area contributed by atoms with Crippen molar-refractivity contribution in [2.24, 2.45) is 5.92 Å². The maximum atomic E-state index is 12.2. The Morgan fingerprint density at radius 2 is 1.94 bits per heavy atom. The van der Waals surface area contributed by atoms with Crippen molar-refractivity contribution in [1.29, 1.82) is 0 Å². The van der Waals surface area contributed by atoms with Gasteiger partial charge in [-0.25, -0.2) is 0 Å². The molecule has 0 saturated carbocycles. The zero-order chi connectivity index (χ0) is 13.0. The lowest BCUT2D eigenvalue weighted by Gasteiger charge is -2.32. The van der Waals surface area contributed by atoms with Gasteiger partial charge in [-0.1, -0.05) is 40.0 Å². The highest BCUT2D eigenvalue weighted by Crippen LogP contribution is 2.22. The van der Waals surface area contributed by atoms with E-state index in [0.717, 1.165) is 6.42 Å². The van der Waals surface area contributed by atoms with Gasteiger partial charge in [0.25, 0.3) is 0 Å². The van der Waals surface area contributed by atoms with E-state index in [1.807, 2.05) is 6.92 Å². The Balaban J connectivity index is 2.61. The van der Waals surface area contributed by atoms with Crippen LogP contribution in [0.2, 0.25) is 0 Å². The molecule has 0 spiro atoms. The molecule has 1 aliphatic heterocycles. The van der Waals surface area contributed by atoms with Gasteiger partial charge in [0.05, 0.1) is 12.2 Å². The first-order valence-electron chi connectivity index (χ1n) is 7.07. The standard InChI is InChI=1S/C14H28N2O/c1-6-7-8-9-11(4)16-13(10(2)3)15-12(5)14(16)17/h10-13,15H,6-9H2,1-5H3. The van der Waals surface area contributed by atoms with Gasteiger partial charge >= 0.3 is 0 Å². The van der Waals surface area contributed by atoms with E-state index in [2.05, 4.69) is 37.9 Å². The largest absolute Gasteiger partial charge is 0.323 e. The second kappa shape index (κ2) is 6.39. The first-order valence-corrected chi connectivity index (χ1v) is 7.07. The molecular weight excluding hydrogens is 212 g/mol. The van der Waals surface area contributed by atoms with Crippen LogP contribution in [0.5, 0.6) is 0 Å². The zero-order valence-corrected chi connectivity index (χ0v) is 12.0. The van der Waals surface area contributed by atoms with Crippen LogP contribution in [0.1, 0.15) is 60.3 Å². The van der Waals surface area contributed by atoms with E-state index in [-0.39, 0.29) is 18.1 Å². The van der Waals surface area contributed by atoms with Crippen molar-refractivity contribution in [3.8, 4) is 0 Å². The van der Waals surface area contributed by atoms with Crippen molar-refractivity contribution in [3.63, 3.8) is 0 Å². The summed E-state index contributed by atoms with van der Waals surface area (Å²) in [6, 6.07) is 0.343. The van der Waals surface area contributed by atoms with Crippen molar-refractivity contribution < 1.29 is 4.79 Å². The normalized spacial score (nSPS) is 26.9. The summed E-state index contributed by atoms with van der Waals surface area (Å²) in [4.78, 5) is 14.2. The summed E-state index contributed by atoms with van der Waals surface area (Å²) < 4.78 is 0. The molecule has 3 nitrogen and oxygen atoms in total. The van der Waals surface area contributed by atoms with Crippen LogP contribution in [0, 0.1) is 5.92 Å². The lowest BCUT2D eigenvalue weighted by Crippen LogP contribution is -2.46. The first-order chi connectivity index (χ1) is 7.99. The third-order valence-corrected chi connectivity index (χ3v) is 3.68. The van der Waals surface area contributed by atoms with Crippen LogP contribution in [-0.2, 0) is 4.79 Å². The summed E-state index contributed by atoms with van der Waals surface area (Å²) in [5, 5.41) is 3.40. The summed E-state index contributed by atoms with van der Waals surface area (Å²) in [5.41, 5.74) is 0. The van der Waals surface area contributed by atoms with Crippen LogP contribution in [0.3, 0.4) is 0 Å². The highest BCUT2D eigenvalue weighted by Gasteiger charge is 2.39. The summed E-state index contributed by atoms with van der Waals surface area (Å²) in [7, 11) is 0. The van der Waals surface area contributed by atoms with Gasteiger partial charge in [-0.3, -0.25) is 10.1 Å². The van der Waals surface area contributed by atoms with Crippen LogP contribution in [0.15, 0.2) is 0 Å². The van der Waals surface area contributed by atoms with Crippen LogP contribution in [0.25, 0.3) is 0 Å². The van der Waals surface area contributed by atoms with Crippen molar-refractivity contribution in [1.82, 2.24) is 10.2 Å². The van der Waals surface area contributed by atoms with Crippen LogP contribution in [0.4, 0.5) is 0 Å². The molecule has 1 aliphatic rings. The van der Waals surface area contributed by atoms with Gasteiger partial charge in [0, 0.05) is 6.04 Å². The number of hydrogen-bond donors (Lipinski definition) is 1. The van der Waals surface area contributed by atoms with Gasteiger partial charge in [0.1, 0.15) is 0 Å². The predicted octanol–water partition coefficient (Wildman–Crippen LogP) is 2.76. The third-order valence-electron chi connectivity index (χ3n) is 3.68. The number of amides is 1. The van der Waals surface area contributed by atoms with Gasteiger partial charge in [0.15, 0.2) is 0 Å².